The van der Waals surface area contributed by atoms with Gasteiger partial charge in [-0.2, -0.15) is 0 Å². The van der Waals surface area contributed by atoms with Gasteiger partial charge >= 0.3 is 26.2 Å². The molecule has 0 unspecified atom stereocenters. The van der Waals surface area contributed by atoms with Gasteiger partial charge in [0.05, 0.1) is 19.5 Å². The summed E-state index contributed by atoms with van der Waals surface area (Å²) in [6, 6.07) is 0. The van der Waals surface area contributed by atoms with E-state index in [-0.39, 0.29) is 6.42 Å². The van der Waals surface area contributed by atoms with E-state index in [9.17, 15) is 43.6 Å². The molecule has 1 heterocycles. The van der Waals surface area contributed by atoms with E-state index < -0.39 is 50.9 Å². The van der Waals surface area contributed by atoms with Crippen LogP contribution < -0.4 is 0 Å². The first-order valence-corrected chi connectivity index (χ1v) is 9.68. The zero-order valence-electron chi connectivity index (χ0n) is 12.4. The maximum atomic E-state index is 11.8. The number of nitrogens with zero attached hydrogens (tertiary/aromatic N) is 3. The largest absolute Gasteiger partial charge is 0.431 e. The summed E-state index contributed by atoms with van der Waals surface area (Å²) in [5.74, 6) is -1.38. The van der Waals surface area contributed by atoms with E-state index in [0.29, 0.717) is 0 Å². The molecule has 0 aliphatic carbocycles. The van der Waals surface area contributed by atoms with Gasteiger partial charge in [-0.25, -0.2) is 4.98 Å². The maximum absolute atomic E-state index is 11.8. The Hall–Kier alpha value is -1.82. The van der Waals surface area contributed by atoms with Crippen LogP contribution >= 0.6 is 15.2 Å². The lowest BCUT2D eigenvalue weighted by molar-refractivity contribution is -0.757. The van der Waals surface area contributed by atoms with Crippen molar-refractivity contribution in [3.63, 3.8) is 0 Å². The van der Waals surface area contributed by atoms with Crippen molar-refractivity contribution >= 4 is 21.2 Å². The average molecular weight is 403 g/mol. The molecule has 14 nitrogen and oxygen atoms in total. The number of rotatable bonds is 10. The molecule has 0 fully saturated rings. The van der Waals surface area contributed by atoms with Gasteiger partial charge in [-0.15, -0.1) is 10.1 Å². The summed E-state index contributed by atoms with van der Waals surface area (Å²) >= 11 is 0. The molecule has 16 heteroatoms. The van der Waals surface area contributed by atoms with Crippen LogP contribution in [0, 0.1) is 10.1 Å². The molecule has 0 saturated carbocycles. The third kappa shape index (κ3) is 5.59. The van der Waals surface area contributed by atoms with Crippen LogP contribution in [0.3, 0.4) is 0 Å². The monoisotopic (exact) mass is 403 g/mol. The summed E-state index contributed by atoms with van der Waals surface area (Å²) in [7, 11) is -11.3. The normalized spacial score (nSPS) is 12.6. The van der Waals surface area contributed by atoms with Crippen molar-refractivity contribution in [1.29, 1.82) is 0 Å². The quantitative estimate of drug-likeness (QED) is 0.127. The van der Waals surface area contributed by atoms with E-state index in [1.165, 1.54) is 6.20 Å². The summed E-state index contributed by atoms with van der Waals surface area (Å²) in [6.07, 6.45) is 2.45. The molecule has 142 valence electrons. The molecule has 0 bridgehead atoms. The van der Waals surface area contributed by atoms with Crippen molar-refractivity contribution in [3.8, 4) is 0 Å². The molecular weight excluding hydrogens is 388 g/mol. The Balaban J connectivity index is 3.02. The molecule has 0 aliphatic rings. The van der Waals surface area contributed by atoms with E-state index in [1.807, 2.05) is 0 Å². The average Bonchev–Trinajstić information content (AvgIpc) is 2.93. The first kappa shape index (κ1) is 21.2. The minimum Gasteiger partial charge on any atom is -0.431 e. The molecule has 0 atom stereocenters. The van der Waals surface area contributed by atoms with Crippen LogP contribution in [0.25, 0.3) is 0 Å². The third-order valence-corrected chi connectivity index (χ3v) is 6.71. The van der Waals surface area contributed by atoms with Gasteiger partial charge in [0.25, 0.3) is 5.09 Å². The van der Waals surface area contributed by atoms with Crippen molar-refractivity contribution in [3.05, 3.63) is 28.8 Å². The third-order valence-electron chi connectivity index (χ3n) is 2.86. The zero-order chi connectivity index (χ0) is 19.3. The zero-order valence-corrected chi connectivity index (χ0v) is 14.2. The maximum Gasteiger partial charge on any atom is 0.383 e. The summed E-state index contributed by atoms with van der Waals surface area (Å²) in [6.45, 7) is -1.57. The first-order valence-electron chi connectivity index (χ1n) is 6.45. The second-order valence-corrected chi connectivity index (χ2v) is 8.67. The number of carbonyl (C=O) groups is 1. The number of imidazole rings is 1. The van der Waals surface area contributed by atoms with E-state index in [1.54, 1.807) is 0 Å². The van der Waals surface area contributed by atoms with Crippen LogP contribution in [-0.2, 0) is 30.0 Å². The van der Waals surface area contributed by atoms with Crippen LogP contribution in [0.1, 0.15) is 12.8 Å². The predicted molar refractivity (Wildman–Crippen MR) is 77.3 cm³/mol. The van der Waals surface area contributed by atoms with Crippen molar-refractivity contribution in [2.45, 2.75) is 24.5 Å². The summed E-state index contributed by atoms with van der Waals surface area (Å²) in [5.41, 5.74) is 0. The van der Waals surface area contributed by atoms with Crippen molar-refractivity contribution in [2.75, 3.05) is 6.61 Å². The molecule has 0 aliphatic heterocycles. The highest BCUT2D eigenvalue weighted by Gasteiger charge is 2.64. The van der Waals surface area contributed by atoms with Crippen LogP contribution in [0.2, 0.25) is 0 Å². The lowest BCUT2D eigenvalue weighted by Crippen LogP contribution is -2.39. The molecule has 25 heavy (non-hydrogen) atoms. The van der Waals surface area contributed by atoms with Crippen LogP contribution in [0.5, 0.6) is 0 Å². The van der Waals surface area contributed by atoms with E-state index in [4.69, 9.17) is 0 Å². The first-order chi connectivity index (χ1) is 11.4. The topological polar surface area (TPSA) is 212 Å². The minimum absolute atomic E-state index is 0.275. The summed E-state index contributed by atoms with van der Waals surface area (Å²) in [5, 5.41) is 5.40. The second-order valence-electron chi connectivity index (χ2n) is 4.70. The van der Waals surface area contributed by atoms with Crippen LogP contribution in [0.15, 0.2) is 18.7 Å². The lowest BCUT2D eigenvalue weighted by atomic mass is 10.3. The predicted octanol–water partition coefficient (Wildman–Crippen LogP) is -0.576. The number of esters is 1. The van der Waals surface area contributed by atoms with Gasteiger partial charge in [0.1, 0.15) is 0 Å². The fourth-order valence-electron chi connectivity index (χ4n) is 1.71. The minimum atomic E-state index is -5.67. The molecule has 4 N–H and O–H groups in total. The fraction of sp³-hybridized carbons (Fsp3) is 0.556. The van der Waals surface area contributed by atoms with Crippen molar-refractivity contribution < 1.29 is 48.2 Å². The lowest BCUT2D eigenvalue weighted by Gasteiger charge is -2.33. The molecule has 0 radical (unpaired) electrons. The summed E-state index contributed by atoms with van der Waals surface area (Å²) in [4.78, 5) is 67.0. The van der Waals surface area contributed by atoms with E-state index >= 15 is 0 Å². The van der Waals surface area contributed by atoms with Gasteiger partial charge < -0.3 is 33.7 Å². The highest BCUT2D eigenvalue weighted by molar-refractivity contribution is 7.72. The van der Waals surface area contributed by atoms with E-state index in [2.05, 4.69) is 14.6 Å². The van der Waals surface area contributed by atoms with E-state index in [0.717, 1.165) is 17.1 Å². The van der Waals surface area contributed by atoms with Crippen molar-refractivity contribution in [2.24, 2.45) is 0 Å². The van der Waals surface area contributed by atoms with Gasteiger partial charge in [-0.1, -0.05) is 0 Å². The van der Waals surface area contributed by atoms with Gasteiger partial charge in [0, 0.05) is 18.8 Å². The van der Waals surface area contributed by atoms with Crippen LogP contribution in [-0.4, -0.2) is 51.9 Å². The van der Waals surface area contributed by atoms with Gasteiger partial charge in [0.2, 0.25) is 0 Å². The Morgan fingerprint density at radius 2 is 1.88 bits per heavy atom. The Bertz CT molecular complexity index is 672. The Morgan fingerprint density at radius 3 is 2.32 bits per heavy atom. The van der Waals surface area contributed by atoms with Crippen molar-refractivity contribution in [1.82, 2.24) is 9.55 Å². The SMILES string of the molecule is O=C(CCCO[N+](=O)[O-])OC(Cn1ccnc1)(P(=O)(O)O)P(=O)(O)O. The summed E-state index contributed by atoms with van der Waals surface area (Å²) < 4.78 is 28.9. The van der Waals surface area contributed by atoms with Gasteiger partial charge in [-0.3, -0.25) is 13.9 Å². The smallest absolute Gasteiger partial charge is 0.383 e. The van der Waals surface area contributed by atoms with Gasteiger partial charge in [-0.05, 0) is 6.42 Å². The molecule has 1 rings (SSSR count). The number of ether oxygens (including phenoxy) is 1. The number of aromatic nitrogens is 2. The molecule has 0 saturated heterocycles. The Morgan fingerprint density at radius 1 is 1.28 bits per heavy atom. The molecule has 0 amide bonds. The highest BCUT2D eigenvalue weighted by atomic mass is 31.2. The Labute approximate surface area is 139 Å². The number of carbonyl (C=O) groups excluding carboxylic acids is 1. The Kier molecular flexibility index (Phi) is 6.82. The van der Waals surface area contributed by atoms with Gasteiger partial charge in [0.15, 0.2) is 0 Å². The molecular formula is C9H15N3O11P2. The highest BCUT2D eigenvalue weighted by Crippen LogP contribution is 2.70. The number of hydrogen-bond acceptors (Lipinski definition) is 8. The molecule has 0 spiro atoms. The standard InChI is InChI=1S/C9H15N3O11P2/c13-8(2-1-5-22-12(14)15)23-9(24(16,17)18,25(19,20)21)6-11-4-3-10-7-11/h3-4,7H,1-2,5-6H2,(H2,16,17,18)(H2,19,20,21). The number of hydrogen-bond donors (Lipinski definition) is 4. The fourth-order valence-corrected chi connectivity index (χ4v) is 4.21. The molecule has 1 aromatic rings. The van der Waals surface area contributed by atoms with Crippen LogP contribution in [0.4, 0.5) is 0 Å². The second kappa shape index (κ2) is 8.04. The molecule has 0 aromatic carbocycles. The molecule has 1 aromatic heterocycles.